The fraction of sp³-hybridized carbons (Fsp3) is 0.833. The first-order chi connectivity index (χ1) is 12.0. The predicted octanol–water partition coefficient (Wildman–Crippen LogP) is 1.63. The van der Waals surface area contributed by atoms with E-state index >= 15 is 0 Å². The number of hydrogen-bond acceptors (Lipinski definition) is 3. The van der Waals surface area contributed by atoms with E-state index in [1.54, 1.807) is 9.80 Å². The summed E-state index contributed by atoms with van der Waals surface area (Å²) in [6, 6.07) is -0.682. The van der Waals surface area contributed by atoms with Crippen LogP contribution in [0, 0.1) is 11.8 Å². The molecule has 3 amide bonds. The standard InChI is InChI=1S/C18H29N3O4/c1-13-6-10-21(15(11-13)17(23)24)16(22)14-5-4-9-20(12-14)18(25)19-7-2-3-8-19/h13-15H,2-12H2,1H3,(H,23,24). The Bertz CT molecular complexity index is 532. The number of urea groups is 1. The van der Waals surface area contributed by atoms with Gasteiger partial charge in [0, 0.05) is 32.7 Å². The quantitative estimate of drug-likeness (QED) is 0.820. The molecule has 140 valence electrons. The molecule has 1 N–H and O–H groups in total. The fourth-order valence-corrected chi connectivity index (χ4v) is 4.33. The number of hydrogen-bond donors (Lipinski definition) is 1. The van der Waals surface area contributed by atoms with E-state index in [0.29, 0.717) is 32.0 Å². The van der Waals surface area contributed by atoms with E-state index in [9.17, 15) is 19.5 Å². The number of amides is 3. The van der Waals surface area contributed by atoms with E-state index in [-0.39, 0.29) is 17.9 Å². The van der Waals surface area contributed by atoms with Gasteiger partial charge < -0.3 is 19.8 Å². The van der Waals surface area contributed by atoms with Crippen molar-refractivity contribution in [2.45, 2.75) is 51.5 Å². The monoisotopic (exact) mass is 351 g/mol. The van der Waals surface area contributed by atoms with Gasteiger partial charge in [-0.2, -0.15) is 0 Å². The second kappa shape index (κ2) is 7.62. The third kappa shape index (κ3) is 3.90. The van der Waals surface area contributed by atoms with Crippen molar-refractivity contribution in [3.63, 3.8) is 0 Å². The van der Waals surface area contributed by atoms with E-state index in [1.807, 2.05) is 11.8 Å². The van der Waals surface area contributed by atoms with Crippen LogP contribution in [0.15, 0.2) is 0 Å². The molecule has 3 atom stereocenters. The molecule has 3 rings (SSSR count). The second-order valence-corrected chi connectivity index (χ2v) is 7.78. The molecular weight excluding hydrogens is 322 g/mol. The largest absolute Gasteiger partial charge is 0.480 e. The van der Waals surface area contributed by atoms with Gasteiger partial charge in [0.25, 0.3) is 0 Å². The summed E-state index contributed by atoms with van der Waals surface area (Å²) in [5, 5.41) is 9.49. The van der Waals surface area contributed by atoms with Gasteiger partial charge in [-0.25, -0.2) is 9.59 Å². The summed E-state index contributed by atoms with van der Waals surface area (Å²) in [5.74, 6) is -0.945. The molecule has 0 aliphatic carbocycles. The highest BCUT2D eigenvalue weighted by Gasteiger charge is 2.39. The van der Waals surface area contributed by atoms with E-state index < -0.39 is 12.0 Å². The van der Waals surface area contributed by atoms with Crippen molar-refractivity contribution in [3.05, 3.63) is 0 Å². The van der Waals surface area contributed by atoms with Crippen LogP contribution in [-0.2, 0) is 9.59 Å². The van der Waals surface area contributed by atoms with Gasteiger partial charge in [0.15, 0.2) is 0 Å². The highest BCUT2D eigenvalue weighted by Crippen LogP contribution is 2.27. The first-order valence-corrected chi connectivity index (χ1v) is 9.54. The zero-order chi connectivity index (χ0) is 18.0. The minimum absolute atomic E-state index is 0.0389. The van der Waals surface area contributed by atoms with Gasteiger partial charge in [0.2, 0.25) is 5.91 Å². The second-order valence-electron chi connectivity index (χ2n) is 7.78. The van der Waals surface area contributed by atoms with Crippen LogP contribution in [0.5, 0.6) is 0 Å². The molecule has 0 aromatic carbocycles. The molecule has 0 aromatic heterocycles. The van der Waals surface area contributed by atoms with Crippen molar-refractivity contribution >= 4 is 17.9 Å². The SMILES string of the molecule is CC1CCN(C(=O)C2CCCN(C(=O)N3CCCC3)C2)C(C(=O)O)C1. The number of carbonyl (C=O) groups is 3. The molecule has 0 bridgehead atoms. The van der Waals surface area contributed by atoms with Crippen LogP contribution in [0.3, 0.4) is 0 Å². The minimum atomic E-state index is -0.916. The summed E-state index contributed by atoms with van der Waals surface area (Å²) < 4.78 is 0. The smallest absolute Gasteiger partial charge is 0.326 e. The number of carboxylic acids is 1. The Morgan fingerprint density at radius 3 is 2.28 bits per heavy atom. The lowest BCUT2D eigenvalue weighted by Gasteiger charge is -2.40. The topological polar surface area (TPSA) is 81.2 Å². The Morgan fingerprint density at radius 2 is 1.60 bits per heavy atom. The van der Waals surface area contributed by atoms with Crippen LogP contribution >= 0.6 is 0 Å². The number of aliphatic carboxylic acids is 1. The number of likely N-dealkylation sites (tertiary alicyclic amines) is 3. The molecule has 3 aliphatic rings. The van der Waals surface area contributed by atoms with E-state index in [2.05, 4.69) is 0 Å². The Hall–Kier alpha value is -1.79. The number of carbonyl (C=O) groups excluding carboxylic acids is 2. The Labute approximate surface area is 148 Å². The van der Waals surface area contributed by atoms with Crippen LogP contribution in [0.1, 0.15) is 45.4 Å². The lowest BCUT2D eigenvalue weighted by atomic mass is 9.89. The predicted molar refractivity (Wildman–Crippen MR) is 92.0 cm³/mol. The van der Waals surface area contributed by atoms with Crippen molar-refractivity contribution in [1.29, 1.82) is 0 Å². The molecule has 0 spiro atoms. The van der Waals surface area contributed by atoms with E-state index in [4.69, 9.17) is 0 Å². The molecule has 3 unspecified atom stereocenters. The maximum absolute atomic E-state index is 13.0. The molecule has 0 saturated carbocycles. The average molecular weight is 351 g/mol. The van der Waals surface area contributed by atoms with Gasteiger partial charge in [0.05, 0.1) is 5.92 Å². The first kappa shape index (κ1) is 18.0. The lowest BCUT2D eigenvalue weighted by molar-refractivity contribution is -0.155. The number of rotatable bonds is 2. The van der Waals surface area contributed by atoms with Gasteiger partial charge in [-0.1, -0.05) is 6.92 Å². The van der Waals surface area contributed by atoms with Crippen LogP contribution in [0.25, 0.3) is 0 Å². The van der Waals surface area contributed by atoms with Crippen LogP contribution in [-0.4, -0.2) is 76.5 Å². The lowest BCUT2D eigenvalue weighted by Crippen LogP contribution is -2.55. The maximum atomic E-state index is 13.0. The molecule has 25 heavy (non-hydrogen) atoms. The molecular formula is C18H29N3O4. The van der Waals surface area contributed by atoms with Gasteiger partial charge in [-0.3, -0.25) is 4.79 Å². The van der Waals surface area contributed by atoms with Gasteiger partial charge in [-0.05, 0) is 44.4 Å². The molecule has 7 heteroatoms. The normalized spacial score (nSPS) is 30.4. The van der Waals surface area contributed by atoms with Gasteiger partial charge >= 0.3 is 12.0 Å². The van der Waals surface area contributed by atoms with Crippen molar-refractivity contribution in [2.24, 2.45) is 11.8 Å². The molecule has 0 radical (unpaired) electrons. The van der Waals surface area contributed by atoms with Crippen molar-refractivity contribution in [1.82, 2.24) is 14.7 Å². The molecule has 3 heterocycles. The van der Waals surface area contributed by atoms with E-state index in [1.165, 1.54) is 0 Å². The Balaban J connectivity index is 1.64. The number of carboxylic acid groups (broad SMARTS) is 1. The third-order valence-electron chi connectivity index (χ3n) is 5.85. The summed E-state index contributed by atoms with van der Waals surface area (Å²) in [5.41, 5.74) is 0. The Morgan fingerprint density at radius 1 is 0.920 bits per heavy atom. The van der Waals surface area contributed by atoms with Gasteiger partial charge in [-0.15, -0.1) is 0 Å². The van der Waals surface area contributed by atoms with Gasteiger partial charge in [0.1, 0.15) is 6.04 Å². The van der Waals surface area contributed by atoms with Crippen LogP contribution < -0.4 is 0 Å². The van der Waals surface area contributed by atoms with Crippen molar-refractivity contribution < 1.29 is 19.5 Å². The van der Waals surface area contributed by atoms with Crippen LogP contribution in [0.4, 0.5) is 4.79 Å². The minimum Gasteiger partial charge on any atom is -0.480 e. The molecule has 3 fully saturated rings. The zero-order valence-corrected chi connectivity index (χ0v) is 15.0. The first-order valence-electron chi connectivity index (χ1n) is 9.54. The number of piperidine rings is 2. The van der Waals surface area contributed by atoms with Crippen molar-refractivity contribution in [2.75, 3.05) is 32.7 Å². The summed E-state index contributed by atoms with van der Waals surface area (Å²) in [6.07, 6.45) is 5.00. The zero-order valence-electron chi connectivity index (χ0n) is 15.0. The highest BCUT2D eigenvalue weighted by atomic mass is 16.4. The molecule has 0 aromatic rings. The van der Waals surface area contributed by atoms with Crippen molar-refractivity contribution in [3.8, 4) is 0 Å². The molecule has 3 aliphatic heterocycles. The fourth-order valence-electron chi connectivity index (χ4n) is 4.33. The van der Waals surface area contributed by atoms with E-state index in [0.717, 1.165) is 45.2 Å². The third-order valence-corrected chi connectivity index (χ3v) is 5.85. The molecule has 7 nitrogen and oxygen atoms in total. The maximum Gasteiger partial charge on any atom is 0.326 e. The summed E-state index contributed by atoms with van der Waals surface area (Å²) in [4.78, 5) is 42.4. The summed E-state index contributed by atoms with van der Waals surface area (Å²) >= 11 is 0. The van der Waals surface area contributed by atoms with Crippen LogP contribution in [0.2, 0.25) is 0 Å². The average Bonchev–Trinajstić information content (AvgIpc) is 3.15. The highest BCUT2D eigenvalue weighted by molar-refractivity contribution is 5.86. The molecule has 3 saturated heterocycles. The summed E-state index contributed by atoms with van der Waals surface area (Å²) in [6.45, 7) is 5.27. The number of nitrogens with zero attached hydrogens (tertiary/aromatic N) is 3. The summed E-state index contributed by atoms with van der Waals surface area (Å²) in [7, 11) is 0. The Kier molecular flexibility index (Phi) is 5.49.